The van der Waals surface area contributed by atoms with Crippen molar-refractivity contribution in [1.82, 2.24) is 4.31 Å². The number of nitrogens with two attached hydrogens (primary N) is 1. The fourth-order valence-corrected chi connectivity index (χ4v) is 3.39. The molecule has 108 valence electrons. The number of halogens is 3. The van der Waals surface area contributed by atoms with Crippen LogP contribution in [0.2, 0.25) is 5.02 Å². The summed E-state index contributed by atoms with van der Waals surface area (Å²) in [6.07, 6.45) is -2.74. The Kier molecular flexibility index (Phi) is 5.26. The number of alkyl halides is 2. The van der Waals surface area contributed by atoms with Gasteiger partial charge in [0.05, 0.1) is 11.4 Å². The van der Waals surface area contributed by atoms with E-state index in [1.807, 2.05) is 0 Å². The minimum atomic E-state index is -4.01. The van der Waals surface area contributed by atoms with Crippen LogP contribution < -0.4 is 5.73 Å². The number of hydrogen-bond donors (Lipinski definition) is 1. The SMILES string of the molecule is Cc1c(CN)cc(Cl)cc1S(=O)(=O)N(C)CC(F)F. The summed E-state index contributed by atoms with van der Waals surface area (Å²) in [5, 5.41) is 0.204. The maximum atomic E-state index is 12.3. The van der Waals surface area contributed by atoms with Crippen LogP contribution in [0.4, 0.5) is 8.78 Å². The van der Waals surface area contributed by atoms with Crippen LogP contribution in [0.25, 0.3) is 0 Å². The highest BCUT2D eigenvalue weighted by molar-refractivity contribution is 7.89. The van der Waals surface area contributed by atoms with Crippen molar-refractivity contribution in [3.05, 3.63) is 28.3 Å². The van der Waals surface area contributed by atoms with Crippen LogP contribution in [0.5, 0.6) is 0 Å². The van der Waals surface area contributed by atoms with Crippen molar-refractivity contribution in [3.8, 4) is 0 Å². The fourth-order valence-electron chi connectivity index (χ4n) is 1.65. The molecule has 1 rings (SSSR count). The van der Waals surface area contributed by atoms with Crippen LogP contribution >= 0.6 is 11.6 Å². The van der Waals surface area contributed by atoms with E-state index in [-0.39, 0.29) is 16.5 Å². The van der Waals surface area contributed by atoms with Crippen LogP contribution in [0.3, 0.4) is 0 Å². The molecule has 2 N–H and O–H groups in total. The Bertz CT molecular complexity index is 564. The predicted molar refractivity (Wildman–Crippen MR) is 69.9 cm³/mol. The second-order valence-corrected chi connectivity index (χ2v) is 6.52. The van der Waals surface area contributed by atoms with E-state index >= 15 is 0 Å². The summed E-state index contributed by atoms with van der Waals surface area (Å²) in [4.78, 5) is -0.0939. The van der Waals surface area contributed by atoms with E-state index in [0.717, 1.165) is 7.05 Å². The third kappa shape index (κ3) is 3.62. The first kappa shape index (κ1) is 16.3. The third-order valence-corrected chi connectivity index (χ3v) is 4.90. The molecule has 1 aromatic rings. The average Bonchev–Trinajstić information content (AvgIpc) is 2.30. The molecule has 0 spiro atoms. The first-order chi connectivity index (χ1) is 8.70. The minimum Gasteiger partial charge on any atom is -0.326 e. The lowest BCUT2D eigenvalue weighted by molar-refractivity contribution is 0.126. The molecule has 0 aliphatic carbocycles. The van der Waals surface area contributed by atoms with Crippen LogP contribution in [0.1, 0.15) is 11.1 Å². The summed E-state index contributed by atoms with van der Waals surface area (Å²) in [6.45, 7) is 0.821. The molecule has 0 aromatic heterocycles. The molecule has 0 saturated carbocycles. The second-order valence-electron chi connectivity index (χ2n) is 4.07. The topological polar surface area (TPSA) is 63.4 Å². The normalized spacial score (nSPS) is 12.4. The molecule has 1 aromatic carbocycles. The molecule has 0 atom stereocenters. The van der Waals surface area contributed by atoms with E-state index in [0.29, 0.717) is 15.4 Å². The average molecular weight is 313 g/mol. The summed E-state index contributed by atoms with van der Waals surface area (Å²) in [5.74, 6) is 0. The van der Waals surface area contributed by atoms with Gasteiger partial charge in [-0.3, -0.25) is 0 Å². The van der Waals surface area contributed by atoms with Gasteiger partial charge in [-0.15, -0.1) is 0 Å². The van der Waals surface area contributed by atoms with E-state index < -0.39 is 23.0 Å². The van der Waals surface area contributed by atoms with Crippen LogP contribution in [0, 0.1) is 6.92 Å². The van der Waals surface area contributed by atoms with E-state index in [4.69, 9.17) is 17.3 Å². The Balaban J connectivity index is 3.32. The van der Waals surface area contributed by atoms with E-state index in [2.05, 4.69) is 0 Å². The van der Waals surface area contributed by atoms with Gasteiger partial charge < -0.3 is 5.73 Å². The standard InChI is InChI=1S/C11H15ClF2N2O2S/c1-7-8(5-15)3-9(12)4-10(7)19(17,18)16(2)6-11(13)14/h3-4,11H,5-6,15H2,1-2H3. The van der Waals surface area contributed by atoms with Crippen LogP contribution in [-0.4, -0.2) is 32.7 Å². The fraction of sp³-hybridized carbons (Fsp3) is 0.455. The number of hydrogen-bond acceptors (Lipinski definition) is 3. The Hall–Kier alpha value is -0.760. The highest BCUT2D eigenvalue weighted by atomic mass is 35.5. The van der Waals surface area contributed by atoms with Gasteiger partial charge in [-0.05, 0) is 30.2 Å². The molecular formula is C11H15ClF2N2O2S. The molecule has 0 fully saturated rings. The molecule has 0 aliphatic heterocycles. The second kappa shape index (κ2) is 6.13. The molecule has 0 aliphatic rings. The Labute approximate surface area is 116 Å². The van der Waals surface area contributed by atoms with Crippen molar-refractivity contribution in [1.29, 1.82) is 0 Å². The molecule has 0 bridgehead atoms. The Morgan fingerprint density at radius 2 is 2.00 bits per heavy atom. The van der Waals surface area contributed by atoms with Gasteiger partial charge in [0.1, 0.15) is 0 Å². The highest BCUT2D eigenvalue weighted by Gasteiger charge is 2.26. The van der Waals surface area contributed by atoms with Crippen LogP contribution in [0.15, 0.2) is 17.0 Å². The minimum absolute atomic E-state index is 0.0939. The molecule has 8 heteroatoms. The monoisotopic (exact) mass is 312 g/mol. The maximum Gasteiger partial charge on any atom is 0.252 e. The van der Waals surface area contributed by atoms with Gasteiger partial charge in [0.2, 0.25) is 10.0 Å². The van der Waals surface area contributed by atoms with Gasteiger partial charge in [-0.2, -0.15) is 4.31 Å². The quantitative estimate of drug-likeness (QED) is 0.904. The first-order valence-corrected chi connectivity index (χ1v) is 7.25. The van der Waals surface area contributed by atoms with E-state index in [9.17, 15) is 17.2 Å². The van der Waals surface area contributed by atoms with Crippen LogP contribution in [-0.2, 0) is 16.6 Å². The van der Waals surface area contributed by atoms with Crippen molar-refractivity contribution in [2.24, 2.45) is 5.73 Å². The van der Waals surface area contributed by atoms with Crippen molar-refractivity contribution in [2.75, 3.05) is 13.6 Å². The largest absolute Gasteiger partial charge is 0.326 e. The van der Waals surface area contributed by atoms with Crippen molar-refractivity contribution in [3.63, 3.8) is 0 Å². The highest BCUT2D eigenvalue weighted by Crippen LogP contribution is 2.26. The van der Waals surface area contributed by atoms with Crippen molar-refractivity contribution in [2.45, 2.75) is 24.8 Å². The van der Waals surface area contributed by atoms with Crippen molar-refractivity contribution < 1.29 is 17.2 Å². The lowest BCUT2D eigenvalue weighted by Crippen LogP contribution is -2.32. The number of nitrogens with zero attached hydrogens (tertiary/aromatic N) is 1. The van der Waals surface area contributed by atoms with Gasteiger partial charge in [0.25, 0.3) is 6.43 Å². The number of sulfonamides is 1. The van der Waals surface area contributed by atoms with E-state index in [1.54, 1.807) is 13.0 Å². The zero-order chi connectivity index (χ0) is 14.8. The molecule has 19 heavy (non-hydrogen) atoms. The Morgan fingerprint density at radius 1 is 1.42 bits per heavy atom. The Morgan fingerprint density at radius 3 is 2.47 bits per heavy atom. The molecular weight excluding hydrogens is 298 g/mol. The zero-order valence-corrected chi connectivity index (χ0v) is 12.1. The summed E-state index contributed by atoms with van der Waals surface area (Å²) >= 11 is 5.83. The summed E-state index contributed by atoms with van der Waals surface area (Å²) in [5.41, 5.74) is 6.49. The predicted octanol–water partition coefficient (Wildman–Crippen LogP) is 1.99. The lowest BCUT2D eigenvalue weighted by Gasteiger charge is -2.19. The summed E-state index contributed by atoms with van der Waals surface area (Å²) in [7, 11) is -2.91. The smallest absolute Gasteiger partial charge is 0.252 e. The first-order valence-electron chi connectivity index (χ1n) is 5.43. The molecule has 0 saturated heterocycles. The van der Waals surface area contributed by atoms with E-state index in [1.165, 1.54) is 6.07 Å². The number of rotatable bonds is 5. The molecule has 0 amide bonds. The molecule has 0 unspecified atom stereocenters. The van der Waals surface area contributed by atoms with Gasteiger partial charge in [0, 0.05) is 18.6 Å². The van der Waals surface area contributed by atoms with Gasteiger partial charge in [-0.25, -0.2) is 17.2 Å². The molecule has 4 nitrogen and oxygen atoms in total. The van der Waals surface area contributed by atoms with Gasteiger partial charge in [0.15, 0.2) is 0 Å². The zero-order valence-electron chi connectivity index (χ0n) is 10.5. The van der Waals surface area contributed by atoms with Crippen molar-refractivity contribution >= 4 is 21.6 Å². The van der Waals surface area contributed by atoms with Gasteiger partial charge in [-0.1, -0.05) is 11.6 Å². The molecule has 0 radical (unpaired) electrons. The lowest BCUT2D eigenvalue weighted by atomic mass is 10.1. The number of benzene rings is 1. The maximum absolute atomic E-state index is 12.3. The summed E-state index contributed by atoms with van der Waals surface area (Å²) in [6, 6.07) is 2.80. The third-order valence-electron chi connectivity index (χ3n) is 2.74. The molecule has 0 heterocycles. The van der Waals surface area contributed by atoms with Gasteiger partial charge >= 0.3 is 0 Å². The summed E-state index contributed by atoms with van der Waals surface area (Å²) < 4.78 is 49.6.